The zero-order valence-corrected chi connectivity index (χ0v) is 19.8. The van der Waals surface area contributed by atoms with E-state index in [9.17, 15) is 13.2 Å². The fourth-order valence-corrected chi connectivity index (χ4v) is 5.22. The molecular formula is C22H27BrN2O4S. The summed E-state index contributed by atoms with van der Waals surface area (Å²) >= 11 is 3.45. The van der Waals surface area contributed by atoms with Gasteiger partial charge in [0.15, 0.2) is 0 Å². The molecule has 1 amide bonds. The Hall–Kier alpha value is -1.90. The van der Waals surface area contributed by atoms with Crippen molar-refractivity contribution >= 4 is 37.5 Å². The summed E-state index contributed by atoms with van der Waals surface area (Å²) in [4.78, 5) is 13.5. The zero-order valence-electron chi connectivity index (χ0n) is 17.4. The molecule has 2 aromatic carbocycles. The normalized spacial score (nSPS) is 15.9. The first-order chi connectivity index (χ1) is 14.2. The number of carbonyl (C=O) groups excluding carboxylic acids is 1. The minimum absolute atomic E-state index is 0.0382. The van der Waals surface area contributed by atoms with Gasteiger partial charge in [0.1, 0.15) is 10.6 Å². The van der Waals surface area contributed by atoms with Crippen molar-refractivity contribution in [1.29, 1.82) is 0 Å². The maximum Gasteiger partial charge on any atom is 0.246 e. The van der Waals surface area contributed by atoms with Gasteiger partial charge in [-0.15, -0.1) is 0 Å². The van der Waals surface area contributed by atoms with Gasteiger partial charge in [0, 0.05) is 24.3 Å². The van der Waals surface area contributed by atoms with Crippen LogP contribution in [-0.2, 0) is 20.2 Å². The van der Waals surface area contributed by atoms with Crippen LogP contribution in [0.2, 0.25) is 0 Å². The second kappa shape index (κ2) is 9.08. The number of hydrogen-bond donors (Lipinski definition) is 1. The number of nitrogens with one attached hydrogen (secondary N) is 1. The molecule has 8 heteroatoms. The summed E-state index contributed by atoms with van der Waals surface area (Å²) in [7, 11) is -0.788. The van der Waals surface area contributed by atoms with E-state index in [1.54, 1.807) is 19.1 Å². The van der Waals surface area contributed by atoms with Crippen LogP contribution in [0.1, 0.15) is 38.2 Å². The molecule has 1 saturated carbocycles. The zero-order chi connectivity index (χ0) is 21.9. The van der Waals surface area contributed by atoms with Crippen molar-refractivity contribution < 1.29 is 17.9 Å². The summed E-state index contributed by atoms with van der Waals surface area (Å²) in [5.74, 6) is 0.160. The summed E-state index contributed by atoms with van der Waals surface area (Å²) in [5.41, 5.74) is 0.805. The van der Waals surface area contributed by atoms with Crippen molar-refractivity contribution in [2.45, 2.75) is 42.9 Å². The average Bonchev–Trinajstić information content (AvgIpc) is 3.21. The second-order valence-electron chi connectivity index (χ2n) is 7.63. The SMILES string of the molecule is CCOc1ccc(NC(=O)C2(c3ccc(Br)cc3)CCCC2)cc1S(=O)(=O)N(C)C. The lowest BCUT2D eigenvalue weighted by atomic mass is 9.78. The van der Waals surface area contributed by atoms with Crippen molar-refractivity contribution in [1.82, 2.24) is 4.31 Å². The van der Waals surface area contributed by atoms with Gasteiger partial charge < -0.3 is 10.1 Å². The van der Waals surface area contributed by atoms with Gasteiger partial charge in [0.05, 0.1) is 12.0 Å². The monoisotopic (exact) mass is 494 g/mol. The molecule has 6 nitrogen and oxygen atoms in total. The summed E-state index contributed by atoms with van der Waals surface area (Å²) in [6.45, 7) is 2.14. The molecule has 2 aromatic rings. The van der Waals surface area contributed by atoms with Gasteiger partial charge in [-0.2, -0.15) is 0 Å². The Balaban J connectivity index is 1.96. The highest BCUT2D eigenvalue weighted by molar-refractivity contribution is 9.10. The Bertz CT molecular complexity index is 1010. The van der Waals surface area contributed by atoms with Crippen LogP contribution in [0.3, 0.4) is 0 Å². The van der Waals surface area contributed by atoms with Crippen LogP contribution in [-0.4, -0.2) is 39.3 Å². The highest BCUT2D eigenvalue weighted by Gasteiger charge is 2.42. The van der Waals surface area contributed by atoms with Gasteiger partial charge in [-0.05, 0) is 55.7 Å². The number of benzene rings is 2. The first kappa shape index (κ1) is 22.8. The lowest BCUT2D eigenvalue weighted by Crippen LogP contribution is -2.38. The van der Waals surface area contributed by atoms with E-state index < -0.39 is 15.4 Å². The van der Waals surface area contributed by atoms with E-state index >= 15 is 0 Å². The van der Waals surface area contributed by atoms with Crippen molar-refractivity contribution in [2.24, 2.45) is 0 Å². The Morgan fingerprint density at radius 3 is 2.33 bits per heavy atom. The quantitative estimate of drug-likeness (QED) is 0.612. The molecule has 30 heavy (non-hydrogen) atoms. The molecule has 0 spiro atoms. The Morgan fingerprint density at radius 2 is 1.77 bits per heavy atom. The third-order valence-corrected chi connectivity index (χ3v) is 7.91. The number of ether oxygens (including phenoxy) is 1. The summed E-state index contributed by atoms with van der Waals surface area (Å²) in [6, 6.07) is 12.6. The number of hydrogen-bond acceptors (Lipinski definition) is 4. The third-order valence-electron chi connectivity index (χ3n) is 5.55. The van der Waals surface area contributed by atoms with Gasteiger partial charge in [-0.25, -0.2) is 12.7 Å². The number of halogens is 1. The minimum atomic E-state index is -3.73. The van der Waals surface area contributed by atoms with E-state index in [2.05, 4.69) is 21.2 Å². The number of nitrogens with zero attached hydrogens (tertiary/aromatic N) is 1. The highest BCUT2D eigenvalue weighted by Crippen LogP contribution is 2.42. The first-order valence-electron chi connectivity index (χ1n) is 9.97. The molecule has 0 atom stereocenters. The van der Waals surface area contributed by atoms with Crippen LogP contribution in [0.15, 0.2) is 51.8 Å². The maximum absolute atomic E-state index is 13.4. The smallest absolute Gasteiger partial charge is 0.246 e. The fourth-order valence-electron chi connectivity index (χ4n) is 3.90. The standard InChI is InChI=1S/C22H27BrN2O4S/c1-4-29-19-12-11-18(15-20(19)30(27,28)25(2)3)24-21(26)22(13-5-6-14-22)16-7-9-17(23)10-8-16/h7-12,15H,4-6,13-14H2,1-3H3,(H,24,26). The molecule has 0 aromatic heterocycles. The summed E-state index contributed by atoms with van der Waals surface area (Å²) in [6.07, 6.45) is 3.49. The molecule has 1 aliphatic rings. The van der Waals surface area contributed by atoms with E-state index in [-0.39, 0.29) is 16.6 Å². The fraction of sp³-hybridized carbons (Fsp3) is 0.409. The average molecular weight is 495 g/mol. The number of carbonyl (C=O) groups is 1. The summed E-state index contributed by atoms with van der Waals surface area (Å²) in [5, 5.41) is 2.97. The number of rotatable bonds is 7. The number of sulfonamides is 1. The molecule has 0 aliphatic heterocycles. The van der Waals surface area contributed by atoms with E-state index in [0.29, 0.717) is 12.3 Å². The number of amides is 1. The van der Waals surface area contributed by atoms with Gasteiger partial charge in [-0.3, -0.25) is 4.79 Å². The molecule has 162 valence electrons. The molecule has 0 saturated heterocycles. The van der Waals surface area contributed by atoms with E-state index in [1.165, 1.54) is 20.2 Å². The van der Waals surface area contributed by atoms with Crippen LogP contribution in [0, 0.1) is 0 Å². The molecule has 1 N–H and O–H groups in total. The molecule has 1 fully saturated rings. The predicted octanol–water partition coefficient (Wildman–Crippen LogP) is 4.55. The second-order valence-corrected chi connectivity index (χ2v) is 10.7. The molecule has 0 unspecified atom stereocenters. The van der Waals surface area contributed by atoms with Gasteiger partial charge >= 0.3 is 0 Å². The first-order valence-corrected chi connectivity index (χ1v) is 12.2. The lowest BCUT2D eigenvalue weighted by molar-refractivity contribution is -0.121. The molecule has 0 radical (unpaired) electrons. The van der Waals surface area contributed by atoms with Crippen molar-refractivity contribution in [2.75, 3.05) is 26.0 Å². The van der Waals surface area contributed by atoms with Gasteiger partial charge in [-0.1, -0.05) is 40.9 Å². The van der Waals surface area contributed by atoms with Crippen LogP contribution >= 0.6 is 15.9 Å². The topological polar surface area (TPSA) is 75.7 Å². The summed E-state index contributed by atoms with van der Waals surface area (Å²) < 4.78 is 33.1. The van der Waals surface area contributed by atoms with E-state index in [1.807, 2.05) is 24.3 Å². The van der Waals surface area contributed by atoms with Gasteiger partial charge in [0.25, 0.3) is 0 Å². The molecule has 1 aliphatic carbocycles. The van der Waals surface area contributed by atoms with Crippen molar-refractivity contribution in [3.05, 3.63) is 52.5 Å². The van der Waals surface area contributed by atoms with E-state index in [0.717, 1.165) is 40.0 Å². The molecule has 3 rings (SSSR count). The van der Waals surface area contributed by atoms with Gasteiger partial charge in [0.2, 0.25) is 15.9 Å². The predicted molar refractivity (Wildman–Crippen MR) is 121 cm³/mol. The van der Waals surface area contributed by atoms with Crippen LogP contribution in [0.5, 0.6) is 5.75 Å². The Labute approximate surface area is 186 Å². The molecule has 0 heterocycles. The Morgan fingerprint density at radius 1 is 1.13 bits per heavy atom. The van der Waals surface area contributed by atoms with Crippen LogP contribution in [0.25, 0.3) is 0 Å². The minimum Gasteiger partial charge on any atom is -0.492 e. The Kier molecular flexibility index (Phi) is 6.89. The highest BCUT2D eigenvalue weighted by atomic mass is 79.9. The lowest BCUT2D eigenvalue weighted by Gasteiger charge is -2.28. The molecule has 0 bridgehead atoms. The van der Waals surface area contributed by atoms with Crippen molar-refractivity contribution in [3.8, 4) is 5.75 Å². The van der Waals surface area contributed by atoms with Crippen LogP contribution < -0.4 is 10.1 Å². The number of anilines is 1. The maximum atomic E-state index is 13.4. The van der Waals surface area contributed by atoms with Crippen molar-refractivity contribution in [3.63, 3.8) is 0 Å². The third kappa shape index (κ3) is 4.40. The van der Waals surface area contributed by atoms with Crippen LogP contribution in [0.4, 0.5) is 5.69 Å². The van der Waals surface area contributed by atoms with E-state index in [4.69, 9.17) is 4.74 Å². The molecular weight excluding hydrogens is 468 g/mol. The largest absolute Gasteiger partial charge is 0.492 e.